The summed E-state index contributed by atoms with van der Waals surface area (Å²) in [5, 5.41) is 2.96. The van der Waals surface area contributed by atoms with Crippen molar-refractivity contribution in [2.24, 2.45) is 5.73 Å². The van der Waals surface area contributed by atoms with Crippen LogP contribution < -0.4 is 11.1 Å². The summed E-state index contributed by atoms with van der Waals surface area (Å²) in [5.41, 5.74) is 9.20. The molecule has 1 unspecified atom stereocenters. The number of halogens is 1. The molecule has 5 heteroatoms. The third-order valence-electron chi connectivity index (χ3n) is 2.95. The van der Waals surface area contributed by atoms with E-state index in [0.717, 1.165) is 16.7 Å². The van der Waals surface area contributed by atoms with Crippen LogP contribution in [0.4, 0.5) is 5.69 Å². The minimum Gasteiger partial charge on any atom is -0.322 e. The number of nitrogens with two attached hydrogens (primary N) is 1. The van der Waals surface area contributed by atoms with Crippen molar-refractivity contribution in [3.8, 4) is 0 Å². The molecule has 0 spiro atoms. The maximum absolute atomic E-state index is 12.1. The van der Waals surface area contributed by atoms with Gasteiger partial charge in [0.15, 0.2) is 5.15 Å². The molecule has 1 atom stereocenters. The number of benzene rings is 1. The van der Waals surface area contributed by atoms with Crippen LogP contribution in [-0.4, -0.2) is 10.9 Å². The normalized spacial score (nSPS) is 12.0. The molecule has 0 aliphatic heterocycles. The van der Waals surface area contributed by atoms with E-state index in [0.29, 0.717) is 5.69 Å². The Kier molecular flexibility index (Phi) is 4.37. The van der Waals surface area contributed by atoms with E-state index in [4.69, 9.17) is 17.3 Å². The highest BCUT2D eigenvalue weighted by atomic mass is 35.5. The van der Waals surface area contributed by atoms with E-state index in [-0.39, 0.29) is 11.1 Å². The maximum atomic E-state index is 12.1. The van der Waals surface area contributed by atoms with Crippen molar-refractivity contribution in [2.75, 3.05) is 5.32 Å². The first-order valence-corrected chi connectivity index (χ1v) is 6.60. The number of aryl methyl sites for hydroxylation is 2. The van der Waals surface area contributed by atoms with Crippen LogP contribution in [0.2, 0.25) is 5.15 Å². The predicted molar refractivity (Wildman–Crippen MR) is 80.7 cm³/mol. The van der Waals surface area contributed by atoms with E-state index in [1.54, 1.807) is 12.3 Å². The summed E-state index contributed by atoms with van der Waals surface area (Å²) >= 11 is 5.95. The number of carbonyl (C=O) groups excluding carboxylic acids is 1. The minimum atomic E-state index is -0.743. The lowest BCUT2D eigenvalue weighted by Gasteiger charge is -2.13. The van der Waals surface area contributed by atoms with Crippen LogP contribution in [0.15, 0.2) is 36.5 Å². The summed E-state index contributed by atoms with van der Waals surface area (Å²) in [6, 6.07) is 8.54. The van der Waals surface area contributed by atoms with Gasteiger partial charge in [-0.25, -0.2) is 4.98 Å². The van der Waals surface area contributed by atoms with E-state index in [1.807, 2.05) is 38.1 Å². The largest absolute Gasteiger partial charge is 0.322 e. The molecule has 0 bridgehead atoms. The maximum Gasteiger partial charge on any atom is 0.245 e. The van der Waals surface area contributed by atoms with E-state index in [1.165, 1.54) is 0 Å². The highest BCUT2D eigenvalue weighted by Gasteiger charge is 2.17. The number of hydrogen-bond acceptors (Lipinski definition) is 3. The third-order valence-corrected chi connectivity index (χ3v) is 3.25. The number of amides is 1. The first-order chi connectivity index (χ1) is 9.47. The van der Waals surface area contributed by atoms with Crippen molar-refractivity contribution < 1.29 is 4.79 Å². The fraction of sp³-hybridized carbons (Fsp3) is 0.200. The molecule has 0 saturated heterocycles. The lowest BCUT2D eigenvalue weighted by atomic mass is 10.1. The van der Waals surface area contributed by atoms with Gasteiger partial charge in [-0.2, -0.15) is 0 Å². The van der Waals surface area contributed by atoms with E-state index in [9.17, 15) is 4.79 Å². The summed E-state index contributed by atoms with van der Waals surface area (Å²) in [6.45, 7) is 3.85. The molecular weight excluding hydrogens is 274 g/mol. The van der Waals surface area contributed by atoms with Crippen molar-refractivity contribution in [3.05, 3.63) is 58.4 Å². The van der Waals surface area contributed by atoms with Gasteiger partial charge in [0.2, 0.25) is 5.91 Å². The standard InChI is InChI=1S/C15H16ClN3O/c1-9-3-5-11(6-4-9)13(17)15(20)19-12-7-10(2)8-18-14(12)16/h3-8,13H,17H2,1-2H3,(H,19,20). The van der Waals surface area contributed by atoms with Gasteiger partial charge in [0.05, 0.1) is 5.69 Å². The first-order valence-electron chi connectivity index (χ1n) is 6.22. The summed E-state index contributed by atoms with van der Waals surface area (Å²) in [5.74, 6) is -0.317. The summed E-state index contributed by atoms with van der Waals surface area (Å²) in [4.78, 5) is 16.1. The Hall–Kier alpha value is -1.91. The number of aromatic nitrogens is 1. The first kappa shape index (κ1) is 14.5. The third kappa shape index (κ3) is 3.35. The lowest BCUT2D eigenvalue weighted by Crippen LogP contribution is -2.27. The molecule has 1 heterocycles. The van der Waals surface area contributed by atoms with Gasteiger partial charge in [-0.15, -0.1) is 0 Å². The number of rotatable bonds is 3. The molecule has 2 aromatic rings. The SMILES string of the molecule is Cc1ccc(C(N)C(=O)Nc2cc(C)cnc2Cl)cc1. The predicted octanol–water partition coefficient (Wildman–Crippen LogP) is 2.99. The quantitative estimate of drug-likeness (QED) is 0.854. The number of hydrogen-bond donors (Lipinski definition) is 2. The van der Waals surface area contributed by atoms with Gasteiger partial charge in [0, 0.05) is 6.20 Å². The zero-order valence-electron chi connectivity index (χ0n) is 11.4. The Bertz CT molecular complexity index is 626. The average Bonchev–Trinajstić information content (AvgIpc) is 2.43. The van der Waals surface area contributed by atoms with Gasteiger partial charge < -0.3 is 11.1 Å². The highest BCUT2D eigenvalue weighted by molar-refractivity contribution is 6.32. The molecule has 1 aromatic carbocycles. The van der Waals surface area contributed by atoms with Gasteiger partial charge in [0.1, 0.15) is 6.04 Å². The summed E-state index contributed by atoms with van der Waals surface area (Å²) in [7, 11) is 0. The van der Waals surface area contributed by atoms with Gasteiger partial charge in [-0.05, 0) is 31.0 Å². The van der Waals surface area contributed by atoms with Crippen molar-refractivity contribution in [2.45, 2.75) is 19.9 Å². The fourth-order valence-electron chi connectivity index (χ4n) is 1.78. The number of anilines is 1. The molecular formula is C15H16ClN3O. The topological polar surface area (TPSA) is 68.0 Å². The van der Waals surface area contributed by atoms with Crippen LogP contribution in [0.5, 0.6) is 0 Å². The van der Waals surface area contributed by atoms with Crippen LogP contribution in [0.3, 0.4) is 0 Å². The van der Waals surface area contributed by atoms with E-state index in [2.05, 4.69) is 10.3 Å². The van der Waals surface area contributed by atoms with Crippen LogP contribution >= 0.6 is 11.6 Å². The average molecular weight is 290 g/mol. The molecule has 0 aliphatic carbocycles. The van der Waals surface area contributed by atoms with Gasteiger partial charge in [-0.3, -0.25) is 4.79 Å². The van der Waals surface area contributed by atoms with E-state index >= 15 is 0 Å². The number of nitrogens with zero attached hydrogens (tertiary/aromatic N) is 1. The molecule has 3 N–H and O–H groups in total. The molecule has 1 amide bonds. The van der Waals surface area contributed by atoms with Crippen molar-refractivity contribution in [1.82, 2.24) is 4.98 Å². The second kappa shape index (κ2) is 6.03. The Morgan fingerprint density at radius 1 is 1.25 bits per heavy atom. The minimum absolute atomic E-state index is 0.250. The zero-order valence-corrected chi connectivity index (χ0v) is 12.1. The molecule has 0 saturated carbocycles. The molecule has 0 aliphatic rings. The van der Waals surface area contributed by atoms with Gasteiger partial charge in [0.25, 0.3) is 0 Å². The Morgan fingerprint density at radius 3 is 2.55 bits per heavy atom. The molecule has 1 aromatic heterocycles. The van der Waals surface area contributed by atoms with Crippen LogP contribution in [0, 0.1) is 13.8 Å². The fourth-order valence-corrected chi connectivity index (χ4v) is 1.93. The molecule has 4 nitrogen and oxygen atoms in total. The lowest BCUT2D eigenvalue weighted by molar-refractivity contribution is -0.117. The Morgan fingerprint density at radius 2 is 1.90 bits per heavy atom. The number of nitrogens with one attached hydrogen (secondary N) is 1. The van der Waals surface area contributed by atoms with Gasteiger partial charge >= 0.3 is 0 Å². The molecule has 104 valence electrons. The zero-order chi connectivity index (χ0) is 14.7. The van der Waals surface area contributed by atoms with Crippen molar-refractivity contribution >= 4 is 23.2 Å². The summed E-state index contributed by atoms with van der Waals surface area (Å²) < 4.78 is 0. The summed E-state index contributed by atoms with van der Waals surface area (Å²) in [6.07, 6.45) is 1.64. The van der Waals surface area contributed by atoms with Crippen LogP contribution in [-0.2, 0) is 4.79 Å². The molecule has 0 fully saturated rings. The molecule has 0 radical (unpaired) electrons. The Balaban J connectivity index is 2.15. The monoisotopic (exact) mass is 289 g/mol. The smallest absolute Gasteiger partial charge is 0.245 e. The molecule has 20 heavy (non-hydrogen) atoms. The second-order valence-corrected chi connectivity index (χ2v) is 5.09. The Labute approximate surface area is 123 Å². The van der Waals surface area contributed by atoms with Gasteiger partial charge in [-0.1, -0.05) is 41.4 Å². The molecule has 2 rings (SSSR count). The van der Waals surface area contributed by atoms with Crippen molar-refractivity contribution in [1.29, 1.82) is 0 Å². The van der Waals surface area contributed by atoms with E-state index < -0.39 is 6.04 Å². The number of carbonyl (C=O) groups is 1. The highest BCUT2D eigenvalue weighted by Crippen LogP contribution is 2.21. The van der Waals surface area contributed by atoms with Crippen molar-refractivity contribution in [3.63, 3.8) is 0 Å². The van der Waals surface area contributed by atoms with Crippen LogP contribution in [0.25, 0.3) is 0 Å². The number of pyridine rings is 1. The van der Waals surface area contributed by atoms with Crippen LogP contribution in [0.1, 0.15) is 22.7 Å². The second-order valence-electron chi connectivity index (χ2n) is 4.73.